The Morgan fingerprint density at radius 3 is 2.50 bits per heavy atom. The van der Waals surface area contributed by atoms with Crippen LogP contribution >= 0.6 is 7.82 Å². The summed E-state index contributed by atoms with van der Waals surface area (Å²) in [7, 11) is -3.47. The van der Waals surface area contributed by atoms with Gasteiger partial charge >= 0.3 is 13.8 Å². The molecule has 0 radical (unpaired) electrons. The van der Waals surface area contributed by atoms with E-state index in [0.717, 1.165) is 0 Å². The van der Waals surface area contributed by atoms with Gasteiger partial charge in [0.15, 0.2) is 0 Å². The van der Waals surface area contributed by atoms with Crippen LogP contribution in [0.15, 0.2) is 0 Å². The summed E-state index contributed by atoms with van der Waals surface area (Å²) in [6.07, 6.45) is 1.02. The van der Waals surface area contributed by atoms with Crippen LogP contribution in [-0.2, 0) is 18.7 Å². The van der Waals surface area contributed by atoms with Gasteiger partial charge in [0.2, 0.25) is 0 Å². The van der Waals surface area contributed by atoms with E-state index in [4.69, 9.17) is 9.79 Å². The number of carbonyl (C=O) groups excluding carboxylic acids is 1. The average molecular weight is 227 g/mol. The highest BCUT2D eigenvalue weighted by atomic mass is 31.2. The molecule has 0 bridgehead atoms. The summed E-state index contributed by atoms with van der Waals surface area (Å²) in [4.78, 5) is 32.3. The monoisotopic (exact) mass is 227 g/mol. The first-order valence-corrected chi connectivity index (χ1v) is 5.51. The third kappa shape index (κ3) is 6.06. The Morgan fingerprint density at radius 2 is 2.14 bits per heavy atom. The predicted octanol–water partition coefficient (Wildman–Crippen LogP) is -0.0580. The average Bonchev–Trinajstić information content (AvgIpc) is 2.01. The Morgan fingerprint density at radius 1 is 1.57 bits per heavy atom. The maximum atomic E-state index is 11.1. The number of hydrogen-bond acceptors (Lipinski definition) is 5. The number of phosphoric ester groups is 1. The van der Waals surface area contributed by atoms with E-state index in [9.17, 15) is 9.36 Å². The third-order valence-electron chi connectivity index (χ3n) is 1.33. The second-order valence-corrected chi connectivity index (χ2v) is 3.73. The van der Waals surface area contributed by atoms with E-state index < -0.39 is 19.8 Å². The SMILES string of the molecule is CCCC(NOC)C(=O)OP(=O)(O)O. The molecule has 0 aliphatic heterocycles. The zero-order valence-electron chi connectivity index (χ0n) is 7.97. The fourth-order valence-electron chi connectivity index (χ4n) is 0.837. The Kier molecular flexibility index (Phi) is 5.90. The van der Waals surface area contributed by atoms with Crippen molar-refractivity contribution in [1.82, 2.24) is 5.48 Å². The minimum Gasteiger partial charge on any atom is -0.369 e. The number of phosphoric acid groups is 1. The van der Waals surface area contributed by atoms with E-state index in [1.54, 1.807) is 0 Å². The van der Waals surface area contributed by atoms with Crippen molar-refractivity contribution in [3.63, 3.8) is 0 Å². The first-order valence-electron chi connectivity index (χ1n) is 3.98. The summed E-state index contributed by atoms with van der Waals surface area (Å²) >= 11 is 0. The maximum Gasteiger partial charge on any atom is 0.527 e. The van der Waals surface area contributed by atoms with E-state index in [2.05, 4.69) is 14.8 Å². The largest absolute Gasteiger partial charge is 0.527 e. The molecule has 7 nitrogen and oxygen atoms in total. The number of carbonyl (C=O) groups is 1. The highest BCUT2D eigenvalue weighted by molar-refractivity contribution is 7.46. The first-order chi connectivity index (χ1) is 6.40. The summed E-state index contributed by atoms with van der Waals surface area (Å²) in [6, 6.07) is -0.863. The number of hydrogen-bond donors (Lipinski definition) is 3. The van der Waals surface area contributed by atoms with E-state index in [1.807, 2.05) is 6.92 Å². The summed E-state index contributed by atoms with van der Waals surface area (Å²) in [5.41, 5.74) is 2.29. The summed E-state index contributed by atoms with van der Waals surface area (Å²) in [5.74, 6) is -1.03. The molecule has 0 fully saturated rings. The fourth-order valence-corrected chi connectivity index (χ4v) is 1.20. The summed E-state index contributed by atoms with van der Waals surface area (Å²) in [6.45, 7) is 1.81. The molecular formula is C6H14NO6P. The lowest BCUT2D eigenvalue weighted by atomic mass is 10.2. The van der Waals surface area contributed by atoms with E-state index in [1.165, 1.54) is 7.11 Å². The molecule has 0 aliphatic carbocycles. The molecule has 0 saturated heterocycles. The van der Waals surface area contributed by atoms with Gasteiger partial charge in [0, 0.05) is 0 Å². The molecule has 0 aliphatic rings. The van der Waals surface area contributed by atoms with Gasteiger partial charge in [-0.25, -0.2) is 9.36 Å². The third-order valence-corrected chi connectivity index (χ3v) is 1.75. The van der Waals surface area contributed by atoms with Gasteiger partial charge < -0.3 is 9.36 Å². The van der Waals surface area contributed by atoms with Crippen molar-refractivity contribution in [2.45, 2.75) is 25.8 Å². The fraction of sp³-hybridized carbons (Fsp3) is 0.833. The smallest absolute Gasteiger partial charge is 0.369 e. The van der Waals surface area contributed by atoms with Crippen LogP contribution in [0.5, 0.6) is 0 Å². The van der Waals surface area contributed by atoms with Crippen LogP contribution in [0.4, 0.5) is 0 Å². The lowest BCUT2D eigenvalue weighted by Gasteiger charge is -2.15. The lowest BCUT2D eigenvalue weighted by Crippen LogP contribution is -2.36. The molecule has 0 spiro atoms. The topological polar surface area (TPSA) is 105 Å². The van der Waals surface area contributed by atoms with Crippen molar-refractivity contribution in [3.8, 4) is 0 Å². The molecule has 0 amide bonds. The summed E-state index contributed by atoms with van der Waals surface area (Å²) in [5, 5.41) is 0. The van der Waals surface area contributed by atoms with Gasteiger partial charge in [0.25, 0.3) is 0 Å². The second kappa shape index (κ2) is 6.10. The highest BCUT2D eigenvalue weighted by Gasteiger charge is 2.27. The molecular weight excluding hydrogens is 213 g/mol. The predicted molar refractivity (Wildman–Crippen MR) is 47.0 cm³/mol. The van der Waals surface area contributed by atoms with Gasteiger partial charge in [0.05, 0.1) is 7.11 Å². The van der Waals surface area contributed by atoms with Crippen molar-refractivity contribution >= 4 is 13.8 Å². The van der Waals surface area contributed by atoms with Crippen molar-refractivity contribution in [1.29, 1.82) is 0 Å². The van der Waals surface area contributed by atoms with Crippen molar-refractivity contribution < 1.29 is 28.5 Å². The van der Waals surface area contributed by atoms with Gasteiger partial charge in [-0.3, -0.25) is 9.79 Å². The van der Waals surface area contributed by atoms with Crippen LogP contribution in [0.25, 0.3) is 0 Å². The van der Waals surface area contributed by atoms with Gasteiger partial charge in [0.1, 0.15) is 6.04 Å². The molecule has 0 aromatic rings. The standard InChI is InChI=1S/C6H14NO6P/c1-3-4-5(7-12-2)6(8)13-14(9,10)11/h5,7H,3-4H2,1-2H3,(H2,9,10,11). The van der Waals surface area contributed by atoms with Crippen LogP contribution in [-0.4, -0.2) is 28.9 Å². The molecule has 0 aromatic heterocycles. The summed E-state index contributed by atoms with van der Waals surface area (Å²) < 4.78 is 14.2. The molecule has 0 aromatic carbocycles. The van der Waals surface area contributed by atoms with Crippen LogP contribution < -0.4 is 5.48 Å². The molecule has 0 heterocycles. The molecule has 1 unspecified atom stereocenters. The van der Waals surface area contributed by atoms with Crippen LogP contribution in [0.2, 0.25) is 0 Å². The van der Waals surface area contributed by atoms with Gasteiger partial charge in [-0.05, 0) is 6.42 Å². The zero-order valence-corrected chi connectivity index (χ0v) is 8.86. The van der Waals surface area contributed by atoms with Crippen LogP contribution in [0.1, 0.15) is 19.8 Å². The van der Waals surface area contributed by atoms with E-state index in [0.29, 0.717) is 12.8 Å². The molecule has 0 saturated carbocycles. The maximum absolute atomic E-state index is 11.1. The molecule has 14 heavy (non-hydrogen) atoms. The van der Waals surface area contributed by atoms with Crippen molar-refractivity contribution in [2.75, 3.05) is 7.11 Å². The van der Waals surface area contributed by atoms with Crippen molar-refractivity contribution in [3.05, 3.63) is 0 Å². The highest BCUT2D eigenvalue weighted by Crippen LogP contribution is 2.36. The Balaban J connectivity index is 4.21. The molecule has 8 heteroatoms. The molecule has 0 rings (SSSR count). The minimum atomic E-state index is -4.77. The second-order valence-electron chi connectivity index (χ2n) is 2.56. The van der Waals surface area contributed by atoms with E-state index >= 15 is 0 Å². The number of hydroxylamine groups is 1. The van der Waals surface area contributed by atoms with Crippen molar-refractivity contribution in [2.24, 2.45) is 0 Å². The van der Waals surface area contributed by atoms with E-state index in [-0.39, 0.29) is 0 Å². The Hall–Kier alpha value is -0.460. The Labute approximate surface area is 81.6 Å². The normalized spacial score (nSPS) is 13.7. The number of nitrogens with one attached hydrogen (secondary N) is 1. The number of rotatable bonds is 6. The first kappa shape index (κ1) is 13.5. The van der Waals surface area contributed by atoms with Gasteiger partial charge in [-0.1, -0.05) is 13.3 Å². The minimum absolute atomic E-state index is 0.368. The quantitative estimate of drug-likeness (QED) is 0.431. The zero-order chi connectivity index (χ0) is 11.2. The van der Waals surface area contributed by atoms with Crippen LogP contribution in [0, 0.1) is 0 Å². The molecule has 1 atom stereocenters. The molecule has 3 N–H and O–H groups in total. The van der Waals surface area contributed by atoms with Gasteiger partial charge in [-0.15, -0.1) is 0 Å². The lowest BCUT2D eigenvalue weighted by molar-refractivity contribution is -0.142. The van der Waals surface area contributed by atoms with Gasteiger partial charge in [-0.2, -0.15) is 5.48 Å². The Bertz CT molecular complexity index is 220. The van der Waals surface area contributed by atoms with Crippen LogP contribution in [0.3, 0.4) is 0 Å². The molecule has 84 valence electrons.